The molecule has 2 aliphatic heterocycles. The van der Waals surface area contributed by atoms with Gasteiger partial charge in [0, 0.05) is 30.5 Å². The van der Waals surface area contributed by atoms with E-state index in [1.807, 2.05) is 36.4 Å². The number of carbonyl (C=O) groups is 3. The Bertz CT molecular complexity index is 1080. The lowest BCUT2D eigenvalue weighted by atomic mass is 9.56. The number of nitriles is 1. The molecule has 204 valence electrons. The van der Waals surface area contributed by atoms with Crippen molar-refractivity contribution in [1.82, 2.24) is 14.7 Å². The summed E-state index contributed by atoms with van der Waals surface area (Å²) in [6.45, 7) is 0.527. The Hall–Kier alpha value is -3.19. The Morgan fingerprint density at radius 3 is 2.39 bits per heavy atom. The number of carbonyl (C=O) groups excluding carboxylic acids is 3. The van der Waals surface area contributed by atoms with Gasteiger partial charge in [0.15, 0.2) is 0 Å². The molecule has 0 aromatic heterocycles. The summed E-state index contributed by atoms with van der Waals surface area (Å²) in [6, 6.07) is 10.4. The second-order valence-corrected chi connectivity index (χ2v) is 11.3. The number of rotatable bonds is 6. The van der Waals surface area contributed by atoms with Gasteiger partial charge in [-0.05, 0) is 50.5 Å². The molecule has 2 saturated heterocycles. The first-order valence-electron chi connectivity index (χ1n) is 13.5. The van der Waals surface area contributed by atoms with Crippen LogP contribution in [-0.4, -0.2) is 87.7 Å². The van der Waals surface area contributed by atoms with Crippen molar-refractivity contribution in [2.45, 2.75) is 81.8 Å². The Morgan fingerprint density at radius 2 is 1.79 bits per heavy atom. The second-order valence-electron chi connectivity index (χ2n) is 11.3. The molecule has 1 N–H and O–H groups in total. The Balaban J connectivity index is 1.33. The van der Waals surface area contributed by atoms with Crippen molar-refractivity contribution in [3.8, 4) is 6.07 Å². The summed E-state index contributed by atoms with van der Waals surface area (Å²) >= 11 is 0. The van der Waals surface area contributed by atoms with E-state index in [2.05, 4.69) is 0 Å². The second kappa shape index (κ2) is 10.5. The summed E-state index contributed by atoms with van der Waals surface area (Å²) in [5.74, 6) is -0.383. The lowest BCUT2D eigenvalue weighted by Gasteiger charge is -2.56. The lowest BCUT2D eigenvalue weighted by molar-refractivity contribution is -0.153. The fourth-order valence-electron chi connectivity index (χ4n) is 6.79. The number of halogens is 1. The molecule has 3 amide bonds. The Morgan fingerprint density at radius 1 is 1.11 bits per heavy atom. The highest BCUT2D eigenvalue weighted by Crippen LogP contribution is 2.55. The van der Waals surface area contributed by atoms with Crippen LogP contribution in [-0.2, 0) is 20.9 Å². The number of β-amino-alcohol motifs (C(OH)–C–C–N with tert-alkyl or cyclic N) is 1. The number of aliphatic hydroxyl groups excluding tert-OH is 1. The number of amides is 3. The zero-order valence-corrected chi connectivity index (χ0v) is 21.6. The van der Waals surface area contributed by atoms with Gasteiger partial charge in [-0.3, -0.25) is 14.5 Å². The van der Waals surface area contributed by atoms with Crippen LogP contribution in [0, 0.1) is 16.7 Å². The van der Waals surface area contributed by atoms with Gasteiger partial charge >= 0.3 is 6.09 Å². The molecule has 3 aliphatic carbocycles. The van der Waals surface area contributed by atoms with E-state index in [-0.39, 0.29) is 32.0 Å². The first kappa shape index (κ1) is 26.4. The number of alkyl halides is 1. The predicted octanol–water partition coefficient (Wildman–Crippen LogP) is 2.77. The number of nitrogens with zero attached hydrogens (tertiary/aromatic N) is 4. The Kier molecular flexibility index (Phi) is 7.32. The predicted molar refractivity (Wildman–Crippen MR) is 134 cm³/mol. The van der Waals surface area contributed by atoms with Gasteiger partial charge in [-0.15, -0.1) is 0 Å². The van der Waals surface area contributed by atoms with Gasteiger partial charge in [0.25, 0.3) is 0 Å². The maximum atomic E-state index is 14.0. The number of hydrogen-bond acceptors (Lipinski definition) is 6. The minimum absolute atomic E-state index is 0.0261. The van der Waals surface area contributed by atoms with Crippen molar-refractivity contribution in [2.24, 2.45) is 5.41 Å². The van der Waals surface area contributed by atoms with Gasteiger partial charge in [0.2, 0.25) is 11.8 Å². The van der Waals surface area contributed by atoms with Gasteiger partial charge in [0.1, 0.15) is 25.4 Å². The molecule has 38 heavy (non-hydrogen) atoms. The van der Waals surface area contributed by atoms with Gasteiger partial charge in [-0.1, -0.05) is 30.3 Å². The van der Waals surface area contributed by atoms with Gasteiger partial charge in [0.05, 0.1) is 18.7 Å². The average molecular weight is 527 g/mol. The molecule has 0 radical (unpaired) electrons. The molecule has 0 spiro atoms. The molecule has 1 aromatic rings. The maximum Gasteiger partial charge on any atom is 0.411 e. The highest BCUT2D eigenvalue weighted by Gasteiger charge is 2.57. The van der Waals surface area contributed by atoms with Crippen molar-refractivity contribution in [3.63, 3.8) is 0 Å². The van der Waals surface area contributed by atoms with Crippen molar-refractivity contribution >= 4 is 17.9 Å². The van der Waals surface area contributed by atoms with E-state index in [1.54, 1.807) is 4.90 Å². The summed E-state index contributed by atoms with van der Waals surface area (Å²) in [4.78, 5) is 44.7. The first-order valence-corrected chi connectivity index (χ1v) is 13.5. The minimum Gasteiger partial charge on any atom is -0.445 e. The van der Waals surface area contributed by atoms with E-state index in [0.717, 1.165) is 5.56 Å². The van der Waals surface area contributed by atoms with E-state index in [0.29, 0.717) is 58.0 Å². The fourth-order valence-corrected chi connectivity index (χ4v) is 6.79. The molecular weight excluding hydrogens is 491 g/mol. The van der Waals surface area contributed by atoms with Gasteiger partial charge in [-0.2, -0.15) is 5.26 Å². The molecule has 3 atom stereocenters. The summed E-state index contributed by atoms with van der Waals surface area (Å²) in [7, 11) is 0. The zero-order valence-electron chi connectivity index (χ0n) is 21.6. The third-order valence-electron chi connectivity index (χ3n) is 9.12. The molecule has 9 nitrogen and oxygen atoms in total. The van der Waals surface area contributed by atoms with E-state index in [4.69, 9.17) is 4.74 Å². The highest BCUT2D eigenvalue weighted by molar-refractivity contribution is 5.85. The van der Waals surface area contributed by atoms with Crippen LogP contribution in [0.5, 0.6) is 0 Å². The molecule has 5 aliphatic rings. The zero-order chi connectivity index (χ0) is 26.9. The quantitative estimate of drug-likeness (QED) is 0.610. The summed E-state index contributed by atoms with van der Waals surface area (Å²) in [6.07, 6.45) is 1.63. The summed E-state index contributed by atoms with van der Waals surface area (Å²) in [5.41, 5.74) is -0.330. The van der Waals surface area contributed by atoms with Crippen LogP contribution in [0.25, 0.3) is 0 Å². The monoisotopic (exact) mass is 526 g/mol. The van der Waals surface area contributed by atoms with Crippen molar-refractivity contribution < 1.29 is 28.6 Å². The Labute approximate surface area is 222 Å². The fraction of sp³-hybridized carbons (Fsp3) is 0.643. The van der Waals surface area contributed by atoms with Crippen LogP contribution in [0.1, 0.15) is 56.9 Å². The largest absolute Gasteiger partial charge is 0.445 e. The third-order valence-corrected chi connectivity index (χ3v) is 9.12. The summed E-state index contributed by atoms with van der Waals surface area (Å²) in [5, 5.41) is 19.3. The van der Waals surface area contributed by atoms with E-state index < -0.39 is 41.3 Å². The van der Waals surface area contributed by atoms with Crippen LogP contribution in [0.4, 0.5) is 9.18 Å². The average Bonchev–Trinajstić information content (AvgIpc) is 3.56. The van der Waals surface area contributed by atoms with Crippen LogP contribution >= 0.6 is 0 Å². The normalized spacial score (nSPS) is 32.2. The van der Waals surface area contributed by atoms with Crippen molar-refractivity contribution in [3.05, 3.63) is 35.9 Å². The summed E-state index contributed by atoms with van der Waals surface area (Å²) < 4.78 is 19.7. The molecule has 2 bridgehead atoms. The van der Waals surface area contributed by atoms with Crippen LogP contribution in [0.2, 0.25) is 0 Å². The lowest BCUT2D eigenvalue weighted by Crippen LogP contribution is -2.63. The number of hydrogen-bond donors (Lipinski definition) is 1. The highest BCUT2D eigenvalue weighted by atomic mass is 19.1. The molecule has 5 fully saturated rings. The topological polar surface area (TPSA) is 114 Å². The van der Waals surface area contributed by atoms with Crippen LogP contribution in [0.3, 0.4) is 0 Å². The van der Waals surface area contributed by atoms with E-state index >= 15 is 0 Å². The van der Waals surface area contributed by atoms with E-state index in [9.17, 15) is 29.1 Å². The molecule has 2 heterocycles. The van der Waals surface area contributed by atoms with Crippen LogP contribution in [0.15, 0.2) is 30.3 Å². The molecule has 3 saturated carbocycles. The molecule has 6 rings (SSSR count). The number of ether oxygens (including phenoxy) is 1. The number of likely N-dealkylation sites (tertiary alicyclic amines) is 2. The van der Waals surface area contributed by atoms with Gasteiger partial charge < -0.3 is 19.6 Å². The van der Waals surface area contributed by atoms with Crippen LogP contribution < -0.4 is 0 Å². The van der Waals surface area contributed by atoms with Gasteiger partial charge in [-0.25, -0.2) is 9.18 Å². The first-order chi connectivity index (χ1) is 18.2. The minimum atomic E-state index is -1.26. The maximum absolute atomic E-state index is 14.0. The molecule has 1 aromatic carbocycles. The standard InChI is InChI=1S/C28H35FN4O5/c29-21-14-22(15-30)32(16-21)24(35)18-33(26(37)38-19-20-4-2-1-3-5-20)28-10-7-27(8-11-28,9-12-28)25(36)31-13-6-23(34)17-31/h1-5,21-23,34H,6-14,16-19H2/t21-,22-,23?,27?,28?/m0/s1. The van der Waals surface area contributed by atoms with Crippen molar-refractivity contribution in [1.29, 1.82) is 5.26 Å². The van der Waals surface area contributed by atoms with Crippen molar-refractivity contribution in [2.75, 3.05) is 26.2 Å². The number of fused-ring (bicyclic) bond motifs is 3. The molecule has 10 heteroatoms. The molecule has 1 unspecified atom stereocenters. The smallest absolute Gasteiger partial charge is 0.411 e. The SMILES string of the molecule is N#C[C@@H]1C[C@H](F)CN1C(=O)CN(C(=O)OCc1ccccc1)C12CCC(C(=O)N3CCC(O)C3)(CC1)CC2. The van der Waals surface area contributed by atoms with E-state index in [1.165, 1.54) is 9.80 Å². The number of benzene rings is 1. The third kappa shape index (κ3) is 4.96. The number of aliphatic hydroxyl groups is 1. The molecular formula is C28H35FN4O5.